The first-order chi connectivity index (χ1) is 8.95. The Morgan fingerprint density at radius 3 is 2.63 bits per heavy atom. The third-order valence-electron chi connectivity index (χ3n) is 5.12. The van der Waals surface area contributed by atoms with Crippen LogP contribution in [0.2, 0.25) is 5.02 Å². The van der Waals surface area contributed by atoms with Crippen LogP contribution in [0.15, 0.2) is 6.07 Å². The van der Waals surface area contributed by atoms with Crippen LogP contribution in [0.5, 0.6) is 5.75 Å². The van der Waals surface area contributed by atoms with Gasteiger partial charge in [-0.1, -0.05) is 31.4 Å². The fraction of sp³-hybridized carbons (Fsp3) is 0.562. The number of hydrogen-bond acceptors (Lipinski definition) is 2. The van der Waals surface area contributed by atoms with Gasteiger partial charge in [-0.3, -0.25) is 4.79 Å². The van der Waals surface area contributed by atoms with E-state index in [1.807, 2.05) is 0 Å². The van der Waals surface area contributed by atoms with Crippen LogP contribution >= 0.6 is 11.6 Å². The number of carbonyl (C=O) groups is 1. The van der Waals surface area contributed by atoms with Crippen molar-refractivity contribution < 1.29 is 9.90 Å². The van der Waals surface area contributed by atoms with Crippen molar-refractivity contribution in [1.29, 1.82) is 0 Å². The summed E-state index contributed by atoms with van der Waals surface area (Å²) in [6.45, 7) is 3.84. The van der Waals surface area contributed by atoms with Crippen molar-refractivity contribution in [2.45, 2.75) is 46.0 Å². The van der Waals surface area contributed by atoms with E-state index in [9.17, 15) is 9.90 Å². The fourth-order valence-electron chi connectivity index (χ4n) is 3.83. The molecule has 1 saturated carbocycles. The summed E-state index contributed by atoms with van der Waals surface area (Å²) in [4.78, 5) is 12.8. The van der Waals surface area contributed by atoms with Gasteiger partial charge >= 0.3 is 0 Å². The summed E-state index contributed by atoms with van der Waals surface area (Å²) in [7, 11) is 0. The molecule has 1 aromatic rings. The predicted molar refractivity (Wildman–Crippen MR) is 76.0 cm³/mol. The standard InChI is InChI=1S/C16H19ClO2/c1-9-12(18)7-10-8-16(2,11-5-3-4-6-11)15(19)13(10)14(9)17/h7,11,18H,3-6,8H2,1-2H3. The zero-order valence-corrected chi connectivity index (χ0v) is 12.2. The number of benzene rings is 1. The highest BCUT2D eigenvalue weighted by molar-refractivity contribution is 6.35. The van der Waals surface area contributed by atoms with Crippen LogP contribution in [-0.2, 0) is 6.42 Å². The molecule has 1 fully saturated rings. The number of ketones is 1. The maximum absolute atomic E-state index is 12.8. The maximum Gasteiger partial charge on any atom is 0.171 e. The highest BCUT2D eigenvalue weighted by atomic mass is 35.5. The van der Waals surface area contributed by atoms with Gasteiger partial charge in [0.25, 0.3) is 0 Å². The predicted octanol–water partition coefficient (Wildman–Crippen LogP) is 4.29. The number of carbonyl (C=O) groups excluding carboxylic acids is 1. The summed E-state index contributed by atoms with van der Waals surface area (Å²) in [5.74, 6) is 0.848. The Bertz CT molecular complexity index is 558. The normalized spacial score (nSPS) is 27.0. The summed E-state index contributed by atoms with van der Waals surface area (Å²) in [6, 6.07) is 1.73. The van der Waals surface area contributed by atoms with Crippen molar-refractivity contribution >= 4 is 17.4 Å². The average Bonchev–Trinajstić information content (AvgIpc) is 2.96. The second-order valence-electron chi connectivity index (χ2n) is 6.27. The van der Waals surface area contributed by atoms with E-state index in [4.69, 9.17) is 11.6 Å². The van der Waals surface area contributed by atoms with E-state index >= 15 is 0 Å². The molecule has 2 aliphatic rings. The molecule has 3 heteroatoms. The lowest BCUT2D eigenvalue weighted by Crippen LogP contribution is -2.32. The molecule has 102 valence electrons. The average molecular weight is 279 g/mol. The van der Waals surface area contributed by atoms with Crippen molar-refractivity contribution in [2.24, 2.45) is 11.3 Å². The number of Topliss-reactive ketones (excluding diaryl/α,β-unsaturated/α-hetero) is 1. The minimum atomic E-state index is -0.317. The lowest BCUT2D eigenvalue weighted by molar-refractivity contribution is 0.0744. The molecule has 2 nitrogen and oxygen atoms in total. The summed E-state index contributed by atoms with van der Waals surface area (Å²) in [6.07, 6.45) is 5.45. The molecule has 19 heavy (non-hydrogen) atoms. The Morgan fingerprint density at radius 1 is 1.37 bits per heavy atom. The van der Waals surface area contributed by atoms with Crippen molar-refractivity contribution in [1.82, 2.24) is 0 Å². The molecule has 0 bridgehead atoms. The van der Waals surface area contributed by atoms with Crippen LogP contribution in [0, 0.1) is 18.3 Å². The largest absolute Gasteiger partial charge is 0.508 e. The summed E-state index contributed by atoms with van der Waals surface area (Å²) < 4.78 is 0. The third-order valence-corrected chi connectivity index (χ3v) is 5.60. The number of aromatic hydroxyl groups is 1. The van der Waals surface area contributed by atoms with Gasteiger partial charge in [0.2, 0.25) is 0 Å². The molecule has 1 N–H and O–H groups in total. The van der Waals surface area contributed by atoms with E-state index in [1.165, 1.54) is 12.8 Å². The first kappa shape index (κ1) is 13.0. The molecule has 0 radical (unpaired) electrons. The molecular formula is C16H19ClO2. The van der Waals surface area contributed by atoms with E-state index in [0.717, 1.165) is 24.8 Å². The van der Waals surface area contributed by atoms with Crippen LogP contribution in [0.25, 0.3) is 0 Å². The molecule has 3 rings (SSSR count). The van der Waals surface area contributed by atoms with E-state index in [1.54, 1.807) is 13.0 Å². The second kappa shape index (κ2) is 4.24. The molecule has 0 spiro atoms. The van der Waals surface area contributed by atoms with E-state index in [2.05, 4.69) is 6.92 Å². The van der Waals surface area contributed by atoms with Crippen LogP contribution in [0.3, 0.4) is 0 Å². The van der Waals surface area contributed by atoms with Gasteiger partial charge in [-0.25, -0.2) is 0 Å². The van der Waals surface area contributed by atoms with Crippen LogP contribution in [0.1, 0.15) is 54.1 Å². The van der Waals surface area contributed by atoms with Crippen molar-refractivity contribution in [2.75, 3.05) is 0 Å². The van der Waals surface area contributed by atoms with Gasteiger partial charge in [-0.05, 0) is 43.7 Å². The van der Waals surface area contributed by atoms with E-state index in [0.29, 0.717) is 22.1 Å². The molecular weight excluding hydrogens is 260 g/mol. The summed E-state index contributed by atoms with van der Waals surface area (Å²) >= 11 is 6.29. The molecule has 1 atom stereocenters. The Balaban J connectivity index is 2.09. The monoisotopic (exact) mass is 278 g/mol. The molecule has 1 aromatic carbocycles. The quantitative estimate of drug-likeness (QED) is 0.832. The lowest BCUT2D eigenvalue weighted by Gasteiger charge is -2.29. The number of phenolic OH excluding ortho intramolecular Hbond substituents is 1. The summed E-state index contributed by atoms with van der Waals surface area (Å²) in [5, 5.41) is 10.3. The molecule has 1 unspecified atom stereocenters. The Kier molecular flexibility index (Phi) is 2.90. The maximum atomic E-state index is 12.8. The number of hydrogen-bond donors (Lipinski definition) is 1. The molecule has 0 aromatic heterocycles. The number of halogens is 1. The van der Waals surface area contributed by atoms with Gasteiger partial charge in [-0.2, -0.15) is 0 Å². The molecule has 2 aliphatic carbocycles. The zero-order chi connectivity index (χ0) is 13.8. The van der Waals surface area contributed by atoms with Gasteiger partial charge < -0.3 is 5.11 Å². The SMILES string of the molecule is Cc1c(O)cc2c(c1Cl)C(=O)C(C)(C1CCCC1)C2. The van der Waals surface area contributed by atoms with Gasteiger partial charge in [0, 0.05) is 16.5 Å². The second-order valence-corrected chi connectivity index (χ2v) is 6.65. The molecule has 0 aliphatic heterocycles. The molecule has 0 amide bonds. The lowest BCUT2D eigenvalue weighted by atomic mass is 9.73. The van der Waals surface area contributed by atoms with E-state index < -0.39 is 0 Å². The van der Waals surface area contributed by atoms with Gasteiger partial charge in [0.15, 0.2) is 5.78 Å². The van der Waals surface area contributed by atoms with Gasteiger partial charge in [0.1, 0.15) is 5.75 Å². The van der Waals surface area contributed by atoms with Gasteiger partial charge in [-0.15, -0.1) is 0 Å². The molecule has 0 heterocycles. The van der Waals surface area contributed by atoms with Crippen molar-refractivity contribution in [3.8, 4) is 5.75 Å². The zero-order valence-electron chi connectivity index (χ0n) is 11.4. The first-order valence-electron chi connectivity index (χ1n) is 7.01. The Hall–Kier alpha value is -1.02. The van der Waals surface area contributed by atoms with Crippen LogP contribution < -0.4 is 0 Å². The molecule has 0 saturated heterocycles. The number of phenols is 1. The van der Waals surface area contributed by atoms with Crippen LogP contribution in [0.4, 0.5) is 0 Å². The Morgan fingerprint density at radius 2 is 2.00 bits per heavy atom. The highest BCUT2D eigenvalue weighted by Gasteiger charge is 2.48. The van der Waals surface area contributed by atoms with Crippen molar-refractivity contribution in [3.05, 3.63) is 27.8 Å². The third kappa shape index (κ3) is 1.73. The Labute approximate surface area is 118 Å². The number of fused-ring (bicyclic) bond motifs is 1. The van der Waals surface area contributed by atoms with E-state index in [-0.39, 0.29) is 16.9 Å². The van der Waals surface area contributed by atoms with Crippen LogP contribution in [-0.4, -0.2) is 10.9 Å². The highest BCUT2D eigenvalue weighted by Crippen LogP contribution is 2.51. The topological polar surface area (TPSA) is 37.3 Å². The number of rotatable bonds is 1. The summed E-state index contributed by atoms with van der Waals surface area (Å²) in [5.41, 5.74) is 1.88. The van der Waals surface area contributed by atoms with Gasteiger partial charge in [0.05, 0.1) is 5.02 Å². The van der Waals surface area contributed by atoms with Crippen molar-refractivity contribution in [3.63, 3.8) is 0 Å². The minimum Gasteiger partial charge on any atom is -0.508 e. The minimum absolute atomic E-state index is 0.183. The first-order valence-corrected chi connectivity index (χ1v) is 7.38. The fourth-order valence-corrected chi connectivity index (χ4v) is 4.13. The smallest absolute Gasteiger partial charge is 0.171 e.